The number of nitrogens with two attached hydrogens (primary N) is 1. The van der Waals surface area contributed by atoms with Crippen molar-refractivity contribution in [1.29, 1.82) is 0 Å². The minimum Gasteiger partial charge on any atom is -0.489 e. The normalized spacial score (nSPS) is 17.1. The van der Waals surface area contributed by atoms with Gasteiger partial charge in [0.1, 0.15) is 36.4 Å². The molecule has 1 unspecified atom stereocenters. The maximum atomic E-state index is 16.4. The second-order valence-electron chi connectivity index (χ2n) is 9.37. The SMILES string of the molecule is [C-]#[N+]CC1COc2c(Cl)c(-c3nc(N)cc(C)c3C(F)(F)F)c(F)c3nc(OCCNC)nc(c23)N1C1CC1. The Morgan fingerprint density at radius 3 is 2.69 bits per heavy atom. The fraction of sp³-hybridized carbons (Fsp3) is 0.440. The number of alkyl halides is 3. The van der Waals surface area contributed by atoms with Crippen molar-refractivity contribution < 1.29 is 27.0 Å². The number of nitrogens with zero attached hydrogens (tertiary/aromatic N) is 5. The molecule has 9 nitrogen and oxygen atoms in total. The summed E-state index contributed by atoms with van der Waals surface area (Å²) < 4.78 is 70.7. The number of rotatable bonds is 7. The average Bonchev–Trinajstić information content (AvgIpc) is 3.69. The lowest BCUT2D eigenvalue weighted by atomic mass is 9.98. The van der Waals surface area contributed by atoms with E-state index in [0.717, 1.165) is 18.9 Å². The van der Waals surface area contributed by atoms with Gasteiger partial charge >= 0.3 is 12.2 Å². The second kappa shape index (κ2) is 10.2. The van der Waals surface area contributed by atoms with Crippen molar-refractivity contribution >= 4 is 34.1 Å². The van der Waals surface area contributed by atoms with E-state index in [-0.39, 0.29) is 65.7 Å². The number of anilines is 2. The van der Waals surface area contributed by atoms with Crippen molar-refractivity contribution in [3.63, 3.8) is 0 Å². The van der Waals surface area contributed by atoms with Crippen LogP contribution in [0.25, 0.3) is 27.0 Å². The van der Waals surface area contributed by atoms with E-state index >= 15 is 4.39 Å². The smallest absolute Gasteiger partial charge is 0.418 e. The van der Waals surface area contributed by atoms with Gasteiger partial charge in [-0.05, 0) is 38.4 Å². The van der Waals surface area contributed by atoms with Gasteiger partial charge < -0.3 is 30.3 Å². The van der Waals surface area contributed by atoms with Crippen molar-refractivity contribution in [2.75, 3.05) is 44.0 Å². The Morgan fingerprint density at radius 2 is 2.05 bits per heavy atom. The van der Waals surface area contributed by atoms with Gasteiger partial charge in [-0.1, -0.05) is 11.6 Å². The highest BCUT2D eigenvalue weighted by atomic mass is 35.5. The summed E-state index contributed by atoms with van der Waals surface area (Å²) in [7, 11) is 1.72. The number of hydrogen-bond acceptors (Lipinski definition) is 8. The molecule has 2 aliphatic rings. The fourth-order valence-electron chi connectivity index (χ4n) is 4.81. The lowest BCUT2D eigenvalue weighted by Gasteiger charge is -2.28. The number of hydrogen-bond donors (Lipinski definition) is 2. The molecular formula is C25H24ClF4N7O2. The van der Waals surface area contributed by atoms with Crippen molar-refractivity contribution in [3.05, 3.63) is 39.5 Å². The zero-order chi connectivity index (χ0) is 28.1. The van der Waals surface area contributed by atoms with E-state index in [1.807, 2.05) is 4.90 Å². The predicted octanol–water partition coefficient (Wildman–Crippen LogP) is 4.64. The van der Waals surface area contributed by atoms with E-state index < -0.39 is 39.9 Å². The highest BCUT2D eigenvalue weighted by molar-refractivity contribution is 6.36. The number of aromatic nitrogens is 3. The molecule has 1 aromatic carbocycles. The lowest BCUT2D eigenvalue weighted by Crippen LogP contribution is -2.42. The monoisotopic (exact) mass is 565 g/mol. The Kier molecular flexibility index (Phi) is 7.02. The van der Waals surface area contributed by atoms with Gasteiger partial charge in [-0.3, -0.25) is 0 Å². The molecule has 0 radical (unpaired) electrons. The zero-order valence-corrected chi connectivity index (χ0v) is 21.8. The third kappa shape index (κ3) is 4.83. The third-order valence-corrected chi connectivity index (χ3v) is 6.94. The van der Waals surface area contributed by atoms with Gasteiger partial charge in [0.2, 0.25) is 6.54 Å². The number of pyridine rings is 1. The van der Waals surface area contributed by atoms with E-state index in [1.165, 1.54) is 6.92 Å². The van der Waals surface area contributed by atoms with E-state index in [0.29, 0.717) is 6.54 Å². The minimum absolute atomic E-state index is 0.0196. The summed E-state index contributed by atoms with van der Waals surface area (Å²) in [6.07, 6.45) is -3.25. The molecule has 5 rings (SSSR count). The number of aryl methyl sites for hydroxylation is 1. The maximum Gasteiger partial charge on any atom is 0.418 e. The van der Waals surface area contributed by atoms with Crippen LogP contribution in [0.2, 0.25) is 5.02 Å². The van der Waals surface area contributed by atoms with Crippen molar-refractivity contribution in [1.82, 2.24) is 20.3 Å². The Bertz CT molecular complexity index is 1490. The van der Waals surface area contributed by atoms with E-state index in [1.54, 1.807) is 7.05 Å². The molecule has 2 aromatic heterocycles. The van der Waals surface area contributed by atoms with Crippen LogP contribution in [-0.4, -0.2) is 60.4 Å². The van der Waals surface area contributed by atoms with Crippen LogP contribution in [0.5, 0.6) is 11.8 Å². The number of likely N-dealkylation sites (N-methyl/N-ethyl adjacent to an activating group) is 1. The van der Waals surface area contributed by atoms with E-state index in [9.17, 15) is 13.2 Å². The molecule has 0 saturated heterocycles. The van der Waals surface area contributed by atoms with Gasteiger partial charge in [0.25, 0.3) is 0 Å². The first-order chi connectivity index (χ1) is 18.6. The number of halogens is 5. The van der Waals surface area contributed by atoms with E-state index in [2.05, 4.69) is 25.1 Å². The molecule has 0 amide bonds. The molecule has 3 aromatic rings. The van der Waals surface area contributed by atoms with Crippen LogP contribution in [0.3, 0.4) is 0 Å². The van der Waals surface area contributed by atoms with Crippen molar-refractivity contribution in [2.24, 2.45) is 0 Å². The first-order valence-electron chi connectivity index (χ1n) is 12.2. The standard InChI is InChI=1S/C25H24ClF4N7O2/c1-11-8-14(31)34-20(17(11)25(28,29)30)15-18(26)22-16-21(19(15)27)35-24(38-7-6-32-2)36-23(16)37(12-4-5-12)13(9-33-3)10-39-22/h8,12-13,32H,4-7,9-10H2,1-2H3,(H2,31,34). The van der Waals surface area contributed by atoms with Crippen molar-refractivity contribution in [2.45, 2.75) is 38.0 Å². The van der Waals surface area contributed by atoms with Crippen LogP contribution in [0, 0.1) is 19.3 Å². The largest absolute Gasteiger partial charge is 0.489 e. The summed E-state index contributed by atoms with van der Waals surface area (Å²) in [4.78, 5) is 18.1. The molecule has 1 atom stereocenters. The molecule has 206 valence electrons. The second-order valence-corrected chi connectivity index (χ2v) is 9.74. The van der Waals surface area contributed by atoms with Crippen molar-refractivity contribution in [3.8, 4) is 23.0 Å². The van der Waals surface area contributed by atoms with Gasteiger partial charge in [0.15, 0.2) is 11.6 Å². The van der Waals surface area contributed by atoms with E-state index in [4.69, 9.17) is 33.4 Å². The lowest BCUT2D eigenvalue weighted by molar-refractivity contribution is -0.137. The molecule has 1 aliphatic heterocycles. The van der Waals surface area contributed by atoms with Gasteiger partial charge in [-0.25, -0.2) is 15.9 Å². The van der Waals surface area contributed by atoms with Crippen LogP contribution in [0.1, 0.15) is 24.0 Å². The van der Waals surface area contributed by atoms with Crippen LogP contribution < -0.4 is 25.4 Å². The summed E-state index contributed by atoms with van der Waals surface area (Å²) in [5, 5.41) is 2.59. The van der Waals surface area contributed by atoms with Crippen LogP contribution >= 0.6 is 11.6 Å². The summed E-state index contributed by atoms with van der Waals surface area (Å²) in [5.41, 5.74) is 2.61. The zero-order valence-electron chi connectivity index (χ0n) is 21.0. The highest BCUT2D eigenvalue weighted by Crippen LogP contribution is 2.51. The molecule has 1 aliphatic carbocycles. The summed E-state index contributed by atoms with van der Waals surface area (Å²) in [6, 6.07) is 0.437. The molecule has 1 saturated carbocycles. The molecule has 39 heavy (non-hydrogen) atoms. The van der Waals surface area contributed by atoms with Crippen LogP contribution in [-0.2, 0) is 6.18 Å². The number of ether oxygens (including phenoxy) is 2. The topological polar surface area (TPSA) is 103 Å². The predicted molar refractivity (Wildman–Crippen MR) is 138 cm³/mol. The van der Waals surface area contributed by atoms with Crippen LogP contribution in [0.4, 0.5) is 29.2 Å². The average molecular weight is 566 g/mol. The molecule has 3 N–H and O–H groups in total. The molecule has 0 spiro atoms. The molecular weight excluding hydrogens is 542 g/mol. The minimum atomic E-state index is -4.89. The summed E-state index contributed by atoms with van der Waals surface area (Å²) >= 11 is 6.66. The molecule has 0 bridgehead atoms. The number of nitrogen functional groups attached to an aromatic ring is 1. The van der Waals surface area contributed by atoms with Gasteiger partial charge in [-0.15, -0.1) is 0 Å². The Morgan fingerprint density at radius 1 is 1.31 bits per heavy atom. The molecule has 3 heterocycles. The first-order valence-corrected chi connectivity index (χ1v) is 12.5. The van der Waals surface area contributed by atoms with Crippen LogP contribution in [0.15, 0.2) is 6.07 Å². The highest BCUT2D eigenvalue weighted by Gasteiger charge is 2.43. The van der Waals surface area contributed by atoms with Gasteiger partial charge in [0.05, 0.1) is 27.2 Å². The Balaban J connectivity index is 1.85. The third-order valence-electron chi connectivity index (χ3n) is 6.58. The quantitative estimate of drug-likeness (QED) is 0.243. The maximum absolute atomic E-state index is 16.4. The molecule has 14 heteroatoms. The van der Waals surface area contributed by atoms with Gasteiger partial charge in [-0.2, -0.15) is 23.1 Å². The summed E-state index contributed by atoms with van der Waals surface area (Å²) in [6.45, 7) is 9.25. The summed E-state index contributed by atoms with van der Waals surface area (Å²) in [5.74, 6) is -1.22. The van der Waals surface area contributed by atoms with Gasteiger partial charge in [0, 0.05) is 12.6 Å². The molecule has 1 fully saturated rings. The Labute approximate surface area is 226 Å². The Hall–Kier alpha value is -3.63. The fourth-order valence-corrected chi connectivity index (χ4v) is 5.13. The number of nitrogens with one attached hydrogen (secondary N) is 1. The number of benzene rings is 1. The first kappa shape index (κ1) is 27.0.